The fraction of sp³-hybridized carbons (Fsp3) is 0.889. The van der Waals surface area contributed by atoms with E-state index in [0.29, 0.717) is 13.1 Å². The smallest absolute Gasteiger partial charge is 0.318 e. The predicted molar refractivity (Wildman–Crippen MR) is 61.3 cm³/mol. The molecule has 7 heteroatoms. The molecule has 0 saturated carbocycles. The summed E-state index contributed by atoms with van der Waals surface area (Å²) in [5.74, 6) is -1.15. The van der Waals surface area contributed by atoms with Crippen molar-refractivity contribution in [2.75, 3.05) is 19.6 Å². The Hall–Kier alpha value is -0.660. The van der Waals surface area contributed by atoms with Gasteiger partial charge in [0, 0.05) is 19.1 Å². The number of carboxylic acids is 1. The van der Waals surface area contributed by atoms with Gasteiger partial charge in [-0.15, -0.1) is 0 Å². The monoisotopic (exact) mass is 252 g/mol. The van der Waals surface area contributed by atoms with Crippen molar-refractivity contribution in [3.05, 3.63) is 0 Å². The summed E-state index contributed by atoms with van der Waals surface area (Å²) in [7, 11) is -3.67. The van der Waals surface area contributed by atoms with Gasteiger partial charge in [-0.05, 0) is 13.8 Å². The van der Waals surface area contributed by atoms with Gasteiger partial charge in [0.15, 0.2) is 0 Å². The molecule has 0 radical (unpaired) electrons. The third kappa shape index (κ3) is 3.73. The van der Waals surface area contributed by atoms with Crippen LogP contribution in [-0.4, -0.2) is 53.8 Å². The molecule has 0 heterocycles. The largest absolute Gasteiger partial charge is 0.480 e. The van der Waals surface area contributed by atoms with Crippen molar-refractivity contribution in [2.24, 2.45) is 0 Å². The van der Waals surface area contributed by atoms with Gasteiger partial charge < -0.3 is 5.11 Å². The van der Waals surface area contributed by atoms with Crippen LogP contribution in [0.5, 0.6) is 0 Å². The number of carbonyl (C=O) groups is 1. The van der Waals surface area contributed by atoms with E-state index in [2.05, 4.69) is 0 Å². The molecule has 0 fully saturated rings. The van der Waals surface area contributed by atoms with Crippen molar-refractivity contribution in [2.45, 2.75) is 33.7 Å². The van der Waals surface area contributed by atoms with Crippen LogP contribution in [0.1, 0.15) is 27.7 Å². The maximum absolute atomic E-state index is 12.1. The second-order valence-electron chi connectivity index (χ2n) is 3.62. The Labute approximate surface area is 97.0 Å². The van der Waals surface area contributed by atoms with E-state index in [1.807, 2.05) is 0 Å². The van der Waals surface area contributed by atoms with E-state index < -0.39 is 22.7 Å². The SMILES string of the molecule is CCN(CC)S(=O)(=O)N(CC(=O)O)C(C)C. The van der Waals surface area contributed by atoms with Crippen LogP contribution in [0.3, 0.4) is 0 Å². The minimum atomic E-state index is -3.67. The van der Waals surface area contributed by atoms with E-state index in [1.165, 1.54) is 4.31 Å². The third-order valence-electron chi connectivity index (χ3n) is 2.20. The van der Waals surface area contributed by atoms with Gasteiger partial charge in [0.25, 0.3) is 10.2 Å². The van der Waals surface area contributed by atoms with Crippen molar-refractivity contribution in [1.82, 2.24) is 8.61 Å². The molecule has 1 N–H and O–H groups in total. The molecule has 0 aromatic rings. The van der Waals surface area contributed by atoms with Gasteiger partial charge in [-0.1, -0.05) is 13.8 Å². The molecular formula is C9H20N2O4S. The maximum atomic E-state index is 12.1. The zero-order valence-corrected chi connectivity index (χ0v) is 11.0. The Balaban J connectivity index is 5.11. The predicted octanol–water partition coefficient (Wildman–Crippen LogP) is 0.368. The van der Waals surface area contributed by atoms with Gasteiger partial charge in [0.1, 0.15) is 6.54 Å². The molecule has 0 aromatic heterocycles. The lowest BCUT2D eigenvalue weighted by Gasteiger charge is -2.29. The van der Waals surface area contributed by atoms with E-state index in [1.54, 1.807) is 27.7 Å². The molecule has 16 heavy (non-hydrogen) atoms. The van der Waals surface area contributed by atoms with Crippen molar-refractivity contribution in [3.63, 3.8) is 0 Å². The third-order valence-corrected chi connectivity index (χ3v) is 4.51. The topological polar surface area (TPSA) is 77.9 Å². The zero-order valence-electron chi connectivity index (χ0n) is 10.2. The highest BCUT2D eigenvalue weighted by Gasteiger charge is 2.31. The van der Waals surface area contributed by atoms with E-state index in [9.17, 15) is 13.2 Å². The van der Waals surface area contributed by atoms with Crippen LogP contribution in [-0.2, 0) is 15.0 Å². The summed E-state index contributed by atoms with van der Waals surface area (Å²) in [6.07, 6.45) is 0. The van der Waals surface area contributed by atoms with Crippen LogP contribution in [0.4, 0.5) is 0 Å². The van der Waals surface area contributed by atoms with Crippen molar-refractivity contribution < 1.29 is 18.3 Å². The number of carboxylic acid groups (broad SMARTS) is 1. The molecule has 0 saturated heterocycles. The Morgan fingerprint density at radius 1 is 1.25 bits per heavy atom. The molecular weight excluding hydrogens is 232 g/mol. The van der Waals surface area contributed by atoms with Crippen LogP contribution in [0, 0.1) is 0 Å². The molecule has 0 bridgehead atoms. The Morgan fingerprint density at radius 3 is 1.94 bits per heavy atom. The van der Waals surface area contributed by atoms with Crippen LogP contribution < -0.4 is 0 Å². The molecule has 0 rings (SSSR count). The van der Waals surface area contributed by atoms with Gasteiger partial charge in [0.2, 0.25) is 0 Å². The van der Waals surface area contributed by atoms with Crippen LogP contribution in [0.25, 0.3) is 0 Å². The first-order valence-corrected chi connectivity index (χ1v) is 6.65. The second kappa shape index (κ2) is 6.17. The number of hydrogen-bond acceptors (Lipinski definition) is 3. The summed E-state index contributed by atoms with van der Waals surface area (Å²) >= 11 is 0. The van der Waals surface area contributed by atoms with E-state index in [0.717, 1.165) is 4.31 Å². The van der Waals surface area contributed by atoms with Crippen LogP contribution in [0.15, 0.2) is 0 Å². The summed E-state index contributed by atoms with van der Waals surface area (Å²) in [6, 6.07) is -0.373. The lowest BCUT2D eigenvalue weighted by atomic mass is 10.4. The van der Waals surface area contributed by atoms with Crippen molar-refractivity contribution in [3.8, 4) is 0 Å². The molecule has 0 unspecified atom stereocenters. The first-order chi connectivity index (χ1) is 7.27. The van der Waals surface area contributed by atoms with Gasteiger partial charge in [0.05, 0.1) is 0 Å². The van der Waals surface area contributed by atoms with E-state index in [4.69, 9.17) is 5.11 Å². The highest BCUT2D eigenvalue weighted by molar-refractivity contribution is 7.86. The summed E-state index contributed by atoms with van der Waals surface area (Å²) in [4.78, 5) is 10.6. The van der Waals surface area contributed by atoms with Gasteiger partial charge in [-0.25, -0.2) is 0 Å². The minimum Gasteiger partial charge on any atom is -0.480 e. The van der Waals surface area contributed by atoms with Gasteiger partial charge in [-0.3, -0.25) is 4.79 Å². The molecule has 0 spiro atoms. The zero-order chi connectivity index (χ0) is 12.9. The number of aliphatic carboxylic acids is 1. The molecule has 96 valence electrons. The first-order valence-electron chi connectivity index (χ1n) is 5.26. The Bertz CT molecular complexity index is 322. The molecule has 0 aliphatic rings. The highest BCUT2D eigenvalue weighted by Crippen LogP contribution is 2.11. The van der Waals surface area contributed by atoms with Crippen LogP contribution in [0.2, 0.25) is 0 Å². The average molecular weight is 252 g/mol. The quantitative estimate of drug-likeness (QED) is 0.710. The second-order valence-corrected chi connectivity index (χ2v) is 5.51. The lowest BCUT2D eigenvalue weighted by molar-refractivity contribution is -0.137. The van der Waals surface area contributed by atoms with E-state index in [-0.39, 0.29) is 6.04 Å². The first kappa shape index (κ1) is 15.3. The van der Waals surface area contributed by atoms with Crippen molar-refractivity contribution >= 4 is 16.2 Å². The normalized spacial score (nSPS) is 12.7. The molecule has 0 atom stereocenters. The number of nitrogens with zero attached hydrogens (tertiary/aromatic N) is 2. The highest BCUT2D eigenvalue weighted by atomic mass is 32.2. The Kier molecular flexibility index (Phi) is 5.91. The molecule has 6 nitrogen and oxygen atoms in total. The maximum Gasteiger partial charge on any atom is 0.318 e. The molecule has 0 aliphatic heterocycles. The minimum absolute atomic E-state index is 0.335. The lowest BCUT2D eigenvalue weighted by Crippen LogP contribution is -2.48. The number of rotatable bonds is 7. The summed E-state index contributed by atoms with van der Waals surface area (Å²) in [5.41, 5.74) is 0. The summed E-state index contributed by atoms with van der Waals surface area (Å²) in [6.45, 7) is 6.93. The number of hydrogen-bond donors (Lipinski definition) is 1. The molecule has 0 amide bonds. The summed E-state index contributed by atoms with van der Waals surface area (Å²) in [5, 5.41) is 8.70. The van der Waals surface area contributed by atoms with E-state index >= 15 is 0 Å². The summed E-state index contributed by atoms with van der Waals surface area (Å²) < 4.78 is 26.4. The van der Waals surface area contributed by atoms with Crippen LogP contribution >= 0.6 is 0 Å². The molecule has 0 aliphatic carbocycles. The Morgan fingerprint density at radius 2 is 1.69 bits per heavy atom. The fourth-order valence-electron chi connectivity index (χ4n) is 1.36. The molecule has 0 aromatic carbocycles. The van der Waals surface area contributed by atoms with Gasteiger partial charge in [-0.2, -0.15) is 17.0 Å². The van der Waals surface area contributed by atoms with Gasteiger partial charge >= 0.3 is 5.97 Å². The average Bonchev–Trinajstić information content (AvgIpc) is 2.14. The van der Waals surface area contributed by atoms with Crippen molar-refractivity contribution in [1.29, 1.82) is 0 Å². The fourth-order valence-corrected chi connectivity index (χ4v) is 3.12. The standard InChI is InChI=1S/C9H20N2O4S/c1-5-10(6-2)16(14,15)11(8(3)4)7-9(12)13/h8H,5-7H2,1-4H3,(H,12,13).